The quantitative estimate of drug-likeness (QED) is 0.230. The number of carboxylic acids is 1. The van der Waals surface area contributed by atoms with Crippen LogP contribution in [0.3, 0.4) is 0 Å². The number of hydrogen-bond acceptors (Lipinski definition) is 14. The molecule has 1 saturated heterocycles. The number of imidazole rings is 1. The van der Waals surface area contributed by atoms with Gasteiger partial charge in [-0.1, -0.05) is 30.3 Å². The van der Waals surface area contributed by atoms with Crippen LogP contribution in [0.5, 0.6) is 0 Å². The van der Waals surface area contributed by atoms with E-state index in [0.717, 1.165) is 5.56 Å². The monoisotopic (exact) mass is 638 g/mol. The lowest BCUT2D eigenvalue weighted by molar-refractivity contribution is -0.233. The lowest BCUT2D eigenvalue weighted by Crippen LogP contribution is -2.31. The molecule has 18 nitrogen and oxygen atoms in total. The van der Waals surface area contributed by atoms with Crippen LogP contribution in [0, 0.1) is 0 Å². The van der Waals surface area contributed by atoms with Gasteiger partial charge < -0.3 is 43.5 Å². The highest BCUT2D eigenvalue weighted by Gasteiger charge is 2.48. The summed E-state index contributed by atoms with van der Waals surface area (Å²) in [6, 6.07) is 8.73. The molecule has 3 aromatic rings. The van der Waals surface area contributed by atoms with E-state index >= 15 is 0 Å². The molecule has 4 heterocycles. The topological polar surface area (TPSA) is 248 Å². The molecule has 230 valence electrons. The summed E-state index contributed by atoms with van der Waals surface area (Å²) in [5.74, 6) is -1.54. The van der Waals surface area contributed by atoms with Crippen LogP contribution in [0.25, 0.3) is 17.0 Å². The minimum absolute atomic E-state index is 0.0151. The van der Waals surface area contributed by atoms with E-state index in [0.29, 0.717) is 13.0 Å². The van der Waals surface area contributed by atoms with Crippen molar-refractivity contribution in [3.05, 3.63) is 54.3 Å². The zero-order chi connectivity index (χ0) is 30.8. The fraction of sp³-hybridized carbons (Fsp3) is 0.348. The molecule has 43 heavy (non-hydrogen) atoms. The summed E-state index contributed by atoms with van der Waals surface area (Å²) < 4.78 is 52.1. The highest BCUT2D eigenvalue weighted by molar-refractivity contribution is 7.63. The molecule has 4 unspecified atom stereocenters. The van der Waals surface area contributed by atoms with Gasteiger partial charge in [0.2, 0.25) is 12.2 Å². The summed E-state index contributed by atoms with van der Waals surface area (Å²) in [7, 11) is -10.9. The highest BCUT2D eigenvalue weighted by atomic mass is 31.3. The third kappa shape index (κ3) is 7.19. The molecule has 0 radical (unpaired) electrons. The SMILES string of the molecule is CCNC(=O)Nc1ncnc2c1ncn2C1=C2OC(Cc3ccccc3)OC2[C@@H](COP(=O)([O-])OP(=O)([O-])CC(=O)O)O1. The van der Waals surface area contributed by atoms with Crippen molar-refractivity contribution in [2.75, 3.05) is 24.6 Å². The Morgan fingerprint density at radius 1 is 1.14 bits per heavy atom. The van der Waals surface area contributed by atoms with Gasteiger partial charge in [0.1, 0.15) is 18.8 Å². The number of ether oxygens (including phenoxy) is 3. The van der Waals surface area contributed by atoms with Crippen molar-refractivity contribution in [3.63, 3.8) is 0 Å². The number of carbonyl (C=O) groups excluding carboxylic acids is 1. The minimum atomic E-state index is -5.54. The van der Waals surface area contributed by atoms with E-state index in [1.807, 2.05) is 30.3 Å². The molecular formula is C23H24N6O12P2-2. The van der Waals surface area contributed by atoms with Gasteiger partial charge in [0.15, 0.2) is 42.5 Å². The third-order valence-corrected chi connectivity index (χ3v) is 8.86. The van der Waals surface area contributed by atoms with Crippen LogP contribution < -0.4 is 20.4 Å². The van der Waals surface area contributed by atoms with E-state index in [1.54, 1.807) is 6.92 Å². The number of carbonyl (C=O) groups is 2. The second-order valence-corrected chi connectivity index (χ2v) is 12.4. The summed E-state index contributed by atoms with van der Waals surface area (Å²) in [4.78, 5) is 59.3. The predicted molar refractivity (Wildman–Crippen MR) is 141 cm³/mol. The van der Waals surface area contributed by atoms with Crippen LogP contribution in [0.4, 0.5) is 10.6 Å². The summed E-state index contributed by atoms with van der Waals surface area (Å²) in [6.07, 6.45) is -1.79. The van der Waals surface area contributed by atoms with E-state index in [2.05, 4.69) is 29.9 Å². The van der Waals surface area contributed by atoms with E-state index in [4.69, 9.17) is 23.8 Å². The van der Waals surface area contributed by atoms with Gasteiger partial charge in [-0.2, -0.15) is 0 Å². The number of nitrogens with zero attached hydrogens (tertiary/aromatic N) is 4. The van der Waals surface area contributed by atoms with Gasteiger partial charge in [0, 0.05) is 13.0 Å². The van der Waals surface area contributed by atoms with Gasteiger partial charge in [-0.05, 0) is 12.5 Å². The predicted octanol–water partition coefficient (Wildman–Crippen LogP) is 0.616. The Morgan fingerprint density at radius 3 is 2.63 bits per heavy atom. The fourth-order valence-corrected chi connectivity index (χ4v) is 6.57. The van der Waals surface area contributed by atoms with Crippen molar-refractivity contribution in [2.45, 2.75) is 31.8 Å². The number of rotatable bonds is 12. The van der Waals surface area contributed by atoms with E-state index in [9.17, 15) is 28.5 Å². The molecule has 0 saturated carbocycles. The first-order chi connectivity index (χ1) is 20.4. The molecule has 2 aromatic heterocycles. The first-order valence-electron chi connectivity index (χ1n) is 12.6. The number of urea groups is 1. The maximum Gasteiger partial charge on any atom is 0.320 e. The summed E-state index contributed by atoms with van der Waals surface area (Å²) >= 11 is 0. The summed E-state index contributed by atoms with van der Waals surface area (Å²) in [5, 5.41) is 13.8. The molecule has 5 atom stereocenters. The summed E-state index contributed by atoms with van der Waals surface area (Å²) in [5.41, 5.74) is 1.27. The minimum Gasteiger partial charge on any atom is -0.778 e. The number of amides is 2. The first-order valence-corrected chi connectivity index (χ1v) is 15.8. The van der Waals surface area contributed by atoms with Crippen LogP contribution in [0.15, 0.2) is 48.7 Å². The Kier molecular flexibility index (Phi) is 8.80. The lowest BCUT2D eigenvalue weighted by Gasteiger charge is -2.31. The molecule has 20 heteroatoms. The number of aliphatic carboxylic acids is 1. The Labute approximate surface area is 242 Å². The zero-order valence-electron chi connectivity index (χ0n) is 22.2. The third-order valence-electron chi connectivity index (χ3n) is 5.94. The number of fused-ring (bicyclic) bond motifs is 2. The largest absolute Gasteiger partial charge is 0.778 e. The standard InChI is InChI=1S/C23H26N6O12P2/c1-2-24-23(32)28-20-17-21(26-11-25-20)29(12-27-17)22-19-18(39-16(40-19)8-13-6-4-3-5-7-13)14(38-22)9-37-43(35,36)41-42(33,34)10-15(30)31/h3-7,11-12,14,16,18H,2,8-10H2,1H3,(H,30,31)(H,33,34)(H,35,36)(H2,24,25,26,28,32)/p-2/t14-,16?,18?/m1/s1. The number of nitrogens with one attached hydrogen (secondary N) is 2. The highest BCUT2D eigenvalue weighted by Crippen LogP contribution is 2.55. The molecule has 2 aliphatic heterocycles. The van der Waals surface area contributed by atoms with E-state index in [-0.39, 0.29) is 28.6 Å². The van der Waals surface area contributed by atoms with Gasteiger partial charge in [-0.25, -0.2) is 24.3 Å². The number of phosphoric acid groups is 1. The van der Waals surface area contributed by atoms with Crippen LogP contribution in [-0.4, -0.2) is 74.4 Å². The van der Waals surface area contributed by atoms with Crippen LogP contribution in [0.2, 0.25) is 0 Å². The summed E-state index contributed by atoms with van der Waals surface area (Å²) in [6.45, 7) is 1.32. The molecule has 0 spiro atoms. The molecule has 1 aromatic carbocycles. The van der Waals surface area contributed by atoms with Gasteiger partial charge in [-0.3, -0.25) is 19.0 Å². The smallest absolute Gasteiger partial charge is 0.320 e. The van der Waals surface area contributed by atoms with Crippen molar-refractivity contribution < 1.29 is 56.7 Å². The molecule has 5 rings (SSSR count). The first kappa shape index (κ1) is 30.6. The molecule has 0 bridgehead atoms. The molecule has 1 fully saturated rings. The number of benzene rings is 1. The van der Waals surface area contributed by atoms with Crippen molar-refractivity contribution in [2.24, 2.45) is 0 Å². The van der Waals surface area contributed by atoms with Crippen molar-refractivity contribution >= 4 is 50.3 Å². The van der Waals surface area contributed by atoms with Crippen molar-refractivity contribution in [3.8, 4) is 0 Å². The number of aromatic nitrogens is 4. The Bertz CT molecular complexity index is 1650. The van der Waals surface area contributed by atoms with E-state index < -0.39 is 58.7 Å². The number of hydrogen-bond donors (Lipinski definition) is 3. The average Bonchev–Trinajstić information content (AvgIpc) is 3.61. The second-order valence-electron chi connectivity index (χ2n) is 9.10. The Morgan fingerprint density at radius 2 is 1.91 bits per heavy atom. The number of anilines is 1. The van der Waals surface area contributed by atoms with Gasteiger partial charge in [0.05, 0.1) is 6.61 Å². The molecule has 3 N–H and O–H groups in total. The molecule has 0 aliphatic carbocycles. The zero-order valence-corrected chi connectivity index (χ0v) is 24.0. The van der Waals surface area contributed by atoms with E-state index in [1.165, 1.54) is 17.2 Å². The van der Waals surface area contributed by atoms with Gasteiger partial charge in [-0.15, -0.1) is 0 Å². The van der Waals surface area contributed by atoms with Gasteiger partial charge in [0.25, 0.3) is 7.82 Å². The molecular weight excluding hydrogens is 614 g/mol. The maximum absolute atomic E-state index is 12.2. The number of phosphoric ester groups is 1. The van der Waals surface area contributed by atoms with Crippen LogP contribution in [0.1, 0.15) is 12.5 Å². The Balaban J connectivity index is 1.41. The molecule has 2 aliphatic rings. The average molecular weight is 638 g/mol. The second kappa shape index (κ2) is 12.4. The lowest BCUT2D eigenvalue weighted by atomic mass is 10.1. The van der Waals surface area contributed by atoms with Gasteiger partial charge >= 0.3 is 12.0 Å². The van der Waals surface area contributed by atoms with Crippen LogP contribution in [-0.2, 0) is 43.4 Å². The normalized spacial score (nSPS) is 22.3. The maximum atomic E-state index is 12.2. The van der Waals surface area contributed by atoms with Crippen molar-refractivity contribution in [1.82, 2.24) is 24.8 Å². The molecule has 2 amide bonds. The Hall–Kier alpha value is -3.89. The van der Waals surface area contributed by atoms with Crippen LogP contribution >= 0.6 is 15.4 Å². The number of carboxylic acid groups (broad SMARTS) is 1. The van der Waals surface area contributed by atoms with Crippen molar-refractivity contribution in [1.29, 1.82) is 0 Å². The fourth-order valence-electron chi connectivity index (χ4n) is 4.27.